The Hall–Kier alpha value is -2.48. The fourth-order valence-electron chi connectivity index (χ4n) is 2.69. The van der Waals surface area contributed by atoms with E-state index in [0.29, 0.717) is 12.2 Å². The molecule has 2 aromatic rings. The minimum Gasteiger partial charge on any atom is -0.351 e. The molecule has 0 unspecified atom stereocenters. The highest BCUT2D eigenvalue weighted by Gasteiger charge is 2.18. The lowest BCUT2D eigenvalue weighted by Gasteiger charge is -2.34. The molecule has 0 atom stereocenters. The number of amides is 1. The molecule has 1 aliphatic heterocycles. The Bertz CT molecular complexity index is 652. The first-order chi connectivity index (χ1) is 11.7. The summed E-state index contributed by atoms with van der Waals surface area (Å²) >= 11 is 0. The fraction of sp³-hybridized carbons (Fsp3) is 0.500. The van der Waals surface area contributed by atoms with Crippen molar-refractivity contribution in [2.45, 2.75) is 13.3 Å². The Morgan fingerprint density at radius 1 is 1.25 bits per heavy atom. The van der Waals surface area contributed by atoms with Crippen LogP contribution in [0.4, 0.5) is 5.95 Å². The summed E-state index contributed by atoms with van der Waals surface area (Å²) in [6.07, 6.45) is 4.45. The van der Waals surface area contributed by atoms with E-state index >= 15 is 0 Å². The zero-order valence-corrected chi connectivity index (χ0v) is 13.8. The molecule has 0 aromatic carbocycles. The van der Waals surface area contributed by atoms with Crippen molar-refractivity contribution in [2.75, 3.05) is 44.2 Å². The van der Waals surface area contributed by atoms with Crippen molar-refractivity contribution in [2.24, 2.45) is 0 Å². The van der Waals surface area contributed by atoms with E-state index in [4.69, 9.17) is 4.52 Å². The molecule has 3 heterocycles. The summed E-state index contributed by atoms with van der Waals surface area (Å²) in [6, 6.07) is 3.47. The van der Waals surface area contributed by atoms with E-state index in [1.165, 1.54) is 0 Å². The van der Waals surface area contributed by atoms with E-state index < -0.39 is 0 Å². The van der Waals surface area contributed by atoms with Crippen molar-refractivity contribution < 1.29 is 9.32 Å². The van der Waals surface area contributed by atoms with Crippen LogP contribution in [0.5, 0.6) is 0 Å². The number of aryl methyl sites for hydroxylation is 1. The van der Waals surface area contributed by atoms with Crippen molar-refractivity contribution in [3.63, 3.8) is 0 Å². The summed E-state index contributed by atoms with van der Waals surface area (Å²) in [4.78, 5) is 25.0. The van der Waals surface area contributed by atoms with Gasteiger partial charge in [-0.05, 0) is 26.0 Å². The Balaban J connectivity index is 1.33. The van der Waals surface area contributed by atoms with Gasteiger partial charge in [-0.1, -0.05) is 5.16 Å². The van der Waals surface area contributed by atoms with E-state index in [0.717, 1.165) is 45.1 Å². The summed E-state index contributed by atoms with van der Waals surface area (Å²) in [5.74, 6) is 0.859. The fourth-order valence-corrected chi connectivity index (χ4v) is 2.69. The number of piperazine rings is 1. The van der Waals surface area contributed by atoms with E-state index in [-0.39, 0.29) is 11.7 Å². The van der Waals surface area contributed by atoms with Crippen LogP contribution in [-0.4, -0.2) is 65.2 Å². The maximum absolute atomic E-state index is 11.8. The molecule has 2 aromatic heterocycles. The minimum atomic E-state index is -0.207. The molecule has 1 N–H and O–H groups in total. The van der Waals surface area contributed by atoms with Gasteiger partial charge in [0, 0.05) is 51.2 Å². The standard InChI is InChI=1S/C16H22N6O2/c1-13-12-14(24-20-13)15(23)17-6-3-7-21-8-10-22(11-9-21)16-18-4-2-5-19-16/h2,4-5,12H,3,6-11H2,1H3,(H,17,23). The third-order valence-electron chi connectivity index (χ3n) is 4.00. The molecule has 1 fully saturated rings. The second-order valence-electron chi connectivity index (χ2n) is 5.82. The first-order valence-electron chi connectivity index (χ1n) is 8.18. The van der Waals surface area contributed by atoms with Gasteiger partial charge in [-0.15, -0.1) is 0 Å². The number of nitrogens with zero attached hydrogens (tertiary/aromatic N) is 5. The molecule has 8 heteroatoms. The lowest BCUT2D eigenvalue weighted by atomic mass is 10.3. The molecular formula is C16H22N6O2. The number of carbonyl (C=O) groups is 1. The third-order valence-corrected chi connectivity index (χ3v) is 4.00. The molecule has 0 saturated carbocycles. The maximum atomic E-state index is 11.8. The predicted octanol–water partition coefficient (Wildman–Crippen LogP) is 0.715. The van der Waals surface area contributed by atoms with Gasteiger partial charge in [-0.3, -0.25) is 9.69 Å². The Labute approximate surface area is 140 Å². The monoisotopic (exact) mass is 330 g/mol. The van der Waals surface area contributed by atoms with Gasteiger partial charge in [0.05, 0.1) is 5.69 Å². The van der Waals surface area contributed by atoms with E-state index in [1.54, 1.807) is 25.4 Å². The smallest absolute Gasteiger partial charge is 0.289 e. The van der Waals surface area contributed by atoms with Gasteiger partial charge >= 0.3 is 0 Å². The van der Waals surface area contributed by atoms with Crippen LogP contribution in [0.1, 0.15) is 22.7 Å². The van der Waals surface area contributed by atoms with Crippen LogP contribution >= 0.6 is 0 Å². The first kappa shape index (κ1) is 16.4. The molecule has 0 aliphatic carbocycles. The number of hydrogen-bond donors (Lipinski definition) is 1. The lowest BCUT2D eigenvalue weighted by Crippen LogP contribution is -2.47. The summed E-state index contributed by atoms with van der Waals surface area (Å²) in [5, 5.41) is 6.57. The van der Waals surface area contributed by atoms with E-state index in [2.05, 4.69) is 30.2 Å². The average Bonchev–Trinajstić information content (AvgIpc) is 3.06. The molecule has 1 saturated heterocycles. The van der Waals surface area contributed by atoms with Crippen molar-refractivity contribution >= 4 is 11.9 Å². The van der Waals surface area contributed by atoms with Crippen LogP contribution in [0, 0.1) is 6.92 Å². The molecule has 8 nitrogen and oxygen atoms in total. The highest BCUT2D eigenvalue weighted by molar-refractivity contribution is 5.91. The normalized spacial score (nSPS) is 15.5. The Morgan fingerprint density at radius 3 is 2.67 bits per heavy atom. The molecule has 1 aliphatic rings. The van der Waals surface area contributed by atoms with Crippen molar-refractivity contribution in [3.05, 3.63) is 36.0 Å². The molecule has 3 rings (SSSR count). The van der Waals surface area contributed by atoms with Gasteiger partial charge < -0.3 is 14.7 Å². The summed E-state index contributed by atoms with van der Waals surface area (Å²) in [5.41, 5.74) is 0.709. The number of nitrogens with one attached hydrogen (secondary N) is 1. The van der Waals surface area contributed by atoms with E-state index in [1.807, 2.05) is 6.07 Å². The van der Waals surface area contributed by atoms with Gasteiger partial charge in [0.2, 0.25) is 11.7 Å². The number of rotatable bonds is 6. The quantitative estimate of drug-likeness (QED) is 0.781. The Kier molecular flexibility index (Phi) is 5.37. The summed E-state index contributed by atoms with van der Waals surface area (Å²) in [6.45, 7) is 7.18. The number of anilines is 1. The van der Waals surface area contributed by atoms with Crippen LogP contribution in [-0.2, 0) is 0 Å². The average molecular weight is 330 g/mol. The van der Waals surface area contributed by atoms with Crippen LogP contribution < -0.4 is 10.2 Å². The second kappa shape index (κ2) is 7.87. The molecule has 0 bridgehead atoms. The van der Waals surface area contributed by atoms with Gasteiger partial charge in [-0.25, -0.2) is 9.97 Å². The number of carbonyl (C=O) groups excluding carboxylic acids is 1. The lowest BCUT2D eigenvalue weighted by molar-refractivity contribution is 0.0914. The van der Waals surface area contributed by atoms with Crippen molar-refractivity contribution in [3.8, 4) is 0 Å². The van der Waals surface area contributed by atoms with Crippen LogP contribution in [0.3, 0.4) is 0 Å². The maximum Gasteiger partial charge on any atom is 0.289 e. The number of hydrogen-bond acceptors (Lipinski definition) is 7. The minimum absolute atomic E-state index is 0.207. The van der Waals surface area contributed by atoms with Gasteiger partial charge in [-0.2, -0.15) is 0 Å². The van der Waals surface area contributed by atoms with Gasteiger partial charge in [0.1, 0.15) is 0 Å². The van der Waals surface area contributed by atoms with Crippen molar-refractivity contribution in [1.29, 1.82) is 0 Å². The van der Waals surface area contributed by atoms with Crippen LogP contribution in [0.15, 0.2) is 29.0 Å². The van der Waals surface area contributed by atoms with E-state index in [9.17, 15) is 4.79 Å². The first-order valence-corrected chi connectivity index (χ1v) is 8.18. The van der Waals surface area contributed by atoms with Gasteiger partial charge in [0.25, 0.3) is 5.91 Å². The summed E-state index contributed by atoms with van der Waals surface area (Å²) < 4.78 is 4.94. The zero-order valence-electron chi connectivity index (χ0n) is 13.8. The van der Waals surface area contributed by atoms with Crippen molar-refractivity contribution in [1.82, 2.24) is 25.3 Å². The molecule has 1 amide bonds. The molecule has 128 valence electrons. The van der Waals surface area contributed by atoms with Crippen LogP contribution in [0.25, 0.3) is 0 Å². The Morgan fingerprint density at radius 2 is 2.00 bits per heavy atom. The number of aromatic nitrogens is 3. The SMILES string of the molecule is Cc1cc(C(=O)NCCCN2CCN(c3ncccn3)CC2)on1. The van der Waals surface area contributed by atoms with Gasteiger partial charge in [0.15, 0.2) is 0 Å². The topological polar surface area (TPSA) is 87.4 Å². The molecule has 24 heavy (non-hydrogen) atoms. The highest BCUT2D eigenvalue weighted by atomic mass is 16.5. The summed E-state index contributed by atoms with van der Waals surface area (Å²) in [7, 11) is 0. The predicted molar refractivity (Wildman–Crippen MR) is 88.9 cm³/mol. The molecular weight excluding hydrogens is 308 g/mol. The highest BCUT2D eigenvalue weighted by Crippen LogP contribution is 2.09. The van der Waals surface area contributed by atoms with Crippen LogP contribution in [0.2, 0.25) is 0 Å². The zero-order chi connectivity index (χ0) is 16.8. The largest absolute Gasteiger partial charge is 0.351 e. The molecule has 0 radical (unpaired) electrons. The second-order valence-corrected chi connectivity index (χ2v) is 5.82. The molecule has 0 spiro atoms. The third kappa shape index (κ3) is 4.29.